The van der Waals surface area contributed by atoms with Gasteiger partial charge < -0.3 is 0 Å². The average molecular weight is 306 g/mol. The Hall–Kier alpha value is -2.25. The summed E-state index contributed by atoms with van der Waals surface area (Å²) in [5.41, 5.74) is 0.984. The van der Waals surface area contributed by atoms with Gasteiger partial charge in [-0.2, -0.15) is 8.42 Å². The highest BCUT2D eigenvalue weighted by molar-refractivity contribution is 7.86. The van der Waals surface area contributed by atoms with E-state index in [0.717, 1.165) is 5.01 Å². The Labute approximate surface area is 122 Å². The number of rotatable bonds is 6. The van der Waals surface area contributed by atoms with Crippen molar-refractivity contribution in [2.75, 3.05) is 0 Å². The van der Waals surface area contributed by atoms with Crippen molar-refractivity contribution in [3.05, 3.63) is 76.7 Å². The van der Waals surface area contributed by atoms with Gasteiger partial charge in [-0.25, -0.2) is 5.01 Å². The zero-order valence-corrected chi connectivity index (χ0v) is 11.8. The molecule has 1 atom stereocenters. The van der Waals surface area contributed by atoms with Gasteiger partial charge in [0.2, 0.25) is 5.37 Å². The predicted octanol–water partition coefficient (Wildman–Crippen LogP) is 2.76. The van der Waals surface area contributed by atoms with E-state index in [2.05, 4.69) is 5.29 Å². The molecular weight excluding hydrogens is 292 g/mol. The molecule has 0 spiro atoms. The Bertz CT molecular complexity index is 689. The fraction of sp³-hybridized carbons (Fsp3) is 0.143. The highest BCUT2D eigenvalue weighted by atomic mass is 32.2. The van der Waals surface area contributed by atoms with Crippen molar-refractivity contribution in [2.24, 2.45) is 5.29 Å². The molecule has 2 aromatic carbocycles. The van der Waals surface area contributed by atoms with Crippen LogP contribution in [0.2, 0.25) is 0 Å². The van der Waals surface area contributed by atoms with Gasteiger partial charge in [0, 0.05) is 0 Å². The van der Waals surface area contributed by atoms with E-state index in [9.17, 15) is 17.9 Å². The molecule has 7 heteroatoms. The first-order valence-electron chi connectivity index (χ1n) is 6.17. The van der Waals surface area contributed by atoms with Gasteiger partial charge in [-0.05, 0) is 11.1 Å². The average Bonchev–Trinajstić information content (AvgIpc) is 2.47. The smallest absolute Gasteiger partial charge is 0.284 e. The van der Waals surface area contributed by atoms with Crippen molar-refractivity contribution in [1.29, 1.82) is 0 Å². The maximum Gasteiger partial charge on any atom is 0.292 e. The molecule has 0 saturated heterocycles. The van der Waals surface area contributed by atoms with Crippen LogP contribution in [0.15, 0.2) is 65.9 Å². The van der Waals surface area contributed by atoms with Crippen LogP contribution < -0.4 is 0 Å². The monoisotopic (exact) mass is 306 g/mol. The molecule has 0 aliphatic heterocycles. The van der Waals surface area contributed by atoms with Crippen LogP contribution in [0.1, 0.15) is 16.5 Å². The summed E-state index contributed by atoms with van der Waals surface area (Å²) in [6, 6.07) is 16.8. The second-order valence-corrected chi connectivity index (χ2v) is 5.92. The molecule has 1 N–H and O–H groups in total. The van der Waals surface area contributed by atoms with Gasteiger partial charge >= 0.3 is 0 Å². The molecule has 0 aliphatic rings. The number of benzene rings is 2. The molecule has 0 bridgehead atoms. The Morgan fingerprint density at radius 1 is 1.00 bits per heavy atom. The van der Waals surface area contributed by atoms with Gasteiger partial charge in [-0.1, -0.05) is 60.7 Å². The highest BCUT2D eigenvalue weighted by Crippen LogP contribution is 2.27. The van der Waals surface area contributed by atoms with Gasteiger partial charge in [0.1, 0.15) is 0 Å². The fourth-order valence-electron chi connectivity index (χ4n) is 2.04. The summed E-state index contributed by atoms with van der Waals surface area (Å²) < 4.78 is 32.7. The SMILES string of the molecule is O=NN(Cc1ccccc1)C(c1ccccc1)S(=O)(=O)O. The standard InChI is InChI=1S/C14H14N2O4S/c17-15-16(11-12-7-3-1-4-8-12)14(21(18,19)20)13-9-5-2-6-10-13/h1-10,14H,11H2,(H,18,19,20). The van der Waals surface area contributed by atoms with E-state index < -0.39 is 15.5 Å². The van der Waals surface area contributed by atoms with Gasteiger partial charge in [0.25, 0.3) is 10.1 Å². The molecule has 0 saturated carbocycles. The minimum absolute atomic E-state index is 0.0241. The summed E-state index contributed by atoms with van der Waals surface area (Å²) in [5, 5.41) is 2.05. The summed E-state index contributed by atoms with van der Waals surface area (Å²) in [6.07, 6.45) is 0. The van der Waals surface area contributed by atoms with Gasteiger partial charge in [0.05, 0.1) is 11.8 Å². The molecule has 0 aliphatic carbocycles. The first-order chi connectivity index (χ1) is 10.0. The van der Waals surface area contributed by atoms with E-state index in [1.165, 1.54) is 12.1 Å². The quantitative estimate of drug-likeness (QED) is 0.504. The lowest BCUT2D eigenvalue weighted by atomic mass is 10.2. The predicted molar refractivity (Wildman–Crippen MR) is 78.5 cm³/mol. The molecule has 0 amide bonds. The van der Waals surface area contributed by atoms with Crippen molar-refractivity contribution >= 4 is 10.1 Å². The molecule has 2 rings (SSSR count). The van der Waals surface area contributed by atoms with Crippen molar-refractivity contribution in [1.82, 2.24) is 5.01 Å². The Morgan fingerprint density at radius 2 is 1.52 bits per heavy atom. The second kappa shape index (κ2) is 6.47. The topological polar surface area (TPSA) is 87.0 Å². The Morgan fingerprint density at radius 3 is 2.00 bits per heavy atom. The van der Waals surface area contributed by atoms with E-state index in [0.29, 0.717) is 5.56 Å². The zero-order chi connectivity index (χ0) is 15.3. The molecule has 1 unspecified atom stereocenters. The molecular formula is C14H14N2O4S. The highest BCUT2D eigenvalue weighted by Gasteiger charge is 2.32. The fourth-order valence-corrected chi connectivity index (χ4v) is 2.96. The zero-order valence-electron chi connectivity index (χ0n) is 11.0. The van der Waals surface area contributed by atoms with E-state index in [1.807, 2.05) is 0 Å². The molecule has 2 aromatic rings. The van der Waals surface area contributed by atoms with E-state index >= 15 is 0 Å². The third-order valence-corrected chi connectivity index (χ3v) is 4.01. The second-order valence-electron chi connectivity index (χ2n) is 4.44. The van der Waals surface area contributed by atoms with Crippen LogP contribution in [0, 0.1) is 4.91 Å². The number of hydrogen-bond donors (Lipinski definition) is 1. The number of hydrogen-bond acceptors (Lipinski definition) is 4. The van der Waals surface area contributed by atoms with E-state index in [4.69, 9.17) is 0 Å². The van der Waals surface area contributed by atoms with Crippen LogP contribution in [0.4, 0.5) is 0 Å². The molecule has 110 valence electrons. The minimum atomic E-state index is -4.52. The summed E-state index contributed by atoms with van der Waals surface area (Å²) in [4.78, 5) is 11.1. The van der Waals surface area contributed by atoms with Crippen LogP contribution in [0.25, 0.3) is 0 Å². The Balaban J connectivity index is 2.37. The van der Waals surface area contributed by atoms with E-state index in [-0.39, 0.29) is 12.1 Å². The molecule has 0 aromatic heterocycles. The lowest BCUT2D eigenvalue weighted by Crippen LogP contribution is -2.29. The maximum absolute atomic E-state index is 11.6. The third-order valence-electron chi connectivity index (χ3n) is 2.93. The third kappa shape index (κ3) is 3.87. The van der Waals surface area contributed by atoms with Gasteiger partial charge in [-0.15, -0.1) is 4.91 Å². The van der Waals surface area contributed by atoms with Crippen LogP contribution in [0.3, 0.4) is 0 Å². The van der Waals surface area contributed by atoms with E-state index in [1.54, 1.807) is 48.5 Å². The van der Waals surface area contributed by atoms with Gasteiger partial charge in [-0.3, -0.25) is 4.55 Å². The molecule has 0 fully saturated rings. The molecule has 21 heavy (non-hydrogen) atoms. The largest absolute Gasteiger partial charge is 0.292 e. The van der Waals surface area contributed by atoms with Crippen LogP contribution >= 0.6 is 0 Å². The first-order valence-corrected chi connectivity index (χ1v) is 7.68. The lowest BCUT2D eigenvalue weighted by molar-refractivity contribution is 0.237. The number of nitrogens with zero attached hydrogens (tertiary/aromatic N) is 2. The summed E-state index contributed by atoms with van der Waals surface area (Å²) in [5.74, 6) is 0. The maximum atomic E-state index is 11.6. The van der Waals surface area contributed by atoms with Crippen LogP contribution in [-0.2, 0) is 16.7 Å². The first kappa shape index (κ1) is 15.1. The van der Waals surface area contributed by atoms with Crippen LogP contribution in [0.5, 0.6) is 0 Å². The molecule has 0 radical (unpaired) electrons. The van der Waals surface area contributed by atoms with Crippen molar-refractivity contribution in [3.8, 4) is 0 Å². The van der Waals surface area contributed by atoms with Crippen LogP contribution in [-0.4, -0.2) is 18.0 Å². The lowest BCUT2D eigenvalue weighted by Gasteiger charge is -2.24. The minimum Gasteiger partial charge on any atom is -0.284 e. The van der Waals surface area contributed by atoms with Crippen molar-refractivity contribution < 1.29 is 13.0 Å². The Kier molecular flexibility index (Phi) is 4.66. The summed E-state index contributed by atoms with van der Waals surface area (Å²) >= 11 is 0. The van der Waals surface area contributed by atoms with Crippen molar-refractivity contribution in [3.63, 3.8) is 0 Å². The van der Waals surface area contributed by atoms with Crippen molar-refractivity contribution in [2.45, 2.75) is 11.9 Å². The summed E-state index contributed by atoms with van der Waals surface area (Å²) in [6.45, 7) is -0.0241. The summed E-state index contributed by atoms with van der Waals surface area (Å²) in [7, 11) is -4.52. The molecule has 0 heterocycles. The normalized spacial score (nSPS) is 12.6. The number of nitroso groups, excluding NO2 is 1. The van der Waals surface area contributed by atoms with Gasteiger partial charge in [0.15, 0.2) is 0 Å². The molecule has 6 nitrogen and oxygen atoms in total.